The molecule has 0 aliphatic carbocycles. The molecule has 0 saturated heterocycles. The summed E-state index contributed by atoms with van der Waals surface area (Å²) in [7, 11) is 0. The minimum atomic E-state index is -0.0296. The van der Waals surface area contributed by atoms with Gasteiger partial charge >= 0.3 is 0 Å². The molecule has 4 nitrogen and oxygen atoms in total. The average Bonchev–Trinajstić information content (AvgIpc) is 2.92. The lowest BCUT2D eigenvalue weighted by Gasteiger charge is -2.14. The Balaban J connectivity index is 1.97. The van der Waals surface area contributed by atoms with Crippen LogP contribution in [0.15, 0.2) is 33.0 Å². The fourth-order valence-corrected chi connectivity index (χ4v) is 2.92. The summed E-state index contributed by atoms with van der Waals surface area (Å²) in [6.45, 7) is 5.32. The monoisotopic (exact) mass is 341 g/mol. The molecular formula is C13H16BrN3OS. The molecule has 1 atom stereocenters. The largest absolute Gasteiger partial charge is 0.308 e. The molecule has 2 aromatic rings. The molecule has 6 heteroatoms. The van der Waals surface area contributed by atoms with Crippen LogP contribution in [0.25, 0.3) is 0 Å². The fraction of sp³-hybridized carbons (Fsp3) is 0.385. The molecule has 1 unspecified atom stereocenters. The van der Waals surface area contributed by atoms with Gasteiger partial charge in [-0.3, -0.25) is 9.36 Å². The molecule has 0 fully saturated rings. The van der Waals surface area contributed by atoms with E-state index in [1.807, 2.05) is 13.0 Å². The van der Waals surface area contributed by atoms with E-state index in [4.69, 9.17) is 0 Å². The first kappa shape index (κ1) is 14.4. The van der Waals surface area contributed by atoms with Crippen LogP contribution in [0.3, 0.4) is 0 Å². The summed E-state index contributed by atoms with van der Waals surface area (Å²) in [6.07, 6.45) is 1.55. The van der Waals surface area contributed by atoms with Crippen molar-refractivity contribution in [1.29, 1.82) is 0 Å². The van der Waals surface area contributed by atoms with Crippen molar-refractivity contribution >= 4 is 27.3 Å². The summed E-state index contributed by atoms with van der Waals surface area (Å²) < 4.78 is 2.18. The minimum Gasteiger partial charge on any atom is -0.308 e. The number of nitrogens with one attached hydrogen (secondary N) is 1. The second kappa shape index (κ2) is 6.45. The smallest absolute Gasteiger partial charge is 0.267 e. The van der Waals surface area contributed by atoms with E-state index in [0.717, 1.165) is 12.4 Å². The van der Waals surface area contributed by atoms with Crippen molar-refractivity contribution in [3.8, 4) is 0 Å². The third-order valence-electron chi connectivity index (χ3n) is 2.96. The van der Waals surface area contributed by atoms with E-state index in [9.17, 15) is 4.79 Å². The molecule has 0 bridgehead atoms. The first-order chi connectivity index (χ1) is 9.09. The predicted octanol–water partition coefficient (Wildman–Crippen LogP) is 2.73. The van der Waals surface area contributed by atoms with Gasteiger partial charge in [-0.25, -0.2) is 4.98 Å². The maximum Gasteiger partial charge on any atom is 0.267 e. The van der Waals surface area contributed by atoms with E-state index in [1.54, 1.807) is 22.1 Å². The van der Waals surface area contributed by atoms with Crippen LogP contribution >= 0.6 is 27.3 Å². The van der Waals surface area contributed by atoms with Crippen LogP contribution in [0.2, 0.25) is 0 Å². The van der Waals surface area contributed by atoms with Gasteiger partial charge in [0.05, 0.1) is 0 Å². The quantitative estimate of drug-likeness (QED) is 0.909. The Bertz CT molecular complexity index is 594. The molecule has 1 N–H and O–H groups in total. The molecule has 2 rings (SSSR count). The minimum absolute atomic E-state index is 0.0296. The van der Waals surface area contributed by atoms with Crippen LogP contribution in [0, 0.1) is 6.92 Å². The molecule has 0 saturated carbocycles. The van der Waals surface area contributed by atoms with E-state index in [-0.39, 0.29) is 5.56 Å². The van der Waals surface area contributed by atoms with Gasteiger partial charge in [-0.1, -0.05) is 6.07 Å². The molecule has 0 spiro atoms. The standard InChI is InChI=1S/C13H16BrN3OS/c1-9(12-4-3-7-19-12)15-5-6-17-10(2)16-8-11(14)13(17)18/h3-4,7-9,15H,5-6H2,1-2H3. The highest BCUT2D eigenvalue weighted by atomic mass is 79.9. The van der Waals surface area contributed by atoms with E-state index >= 15 is 0 Å². The SMILES string of the molecule is Cc1ncc(Br)c(=O)n1CCNC(C)c1cccs1. The van der Waals surface area contributed by atoms with Gasteiger partial charge in [0.1, 0.15) is 10.3 Å². The van der Waals surface area contributed by atoms with Crippen LogP contribution in [0.4, 0.5) is 0 Å². The van der Waals surface area contributed by atoms with E-state index in [1.165, 1.54) is 4.88 Å². The predicted molar refractivity (Wildman–Crippen MR) is 81.7 cm³/mol. The first-order valence-corrected chi connectivity index (χ1v) is 7.75. The van der Waals surface area contributed by atoms with Crippen molar-refractivity contribution in [2.75, 3.05) is 6.54 Å². The summed E-state index contributed by atoms with van der Waals surface area (Å²) in [4.78, 5) is 17.4. The van der Waals surface area contributed by atoms with Crippen molar-refractivity contribution in [3.05, 3.63) is 49.2 Å². The number of nitrogens with zero attached hydrogens (tertiary/aromatic N) is 2. The zero-order valence-corrected chi connectivity index (χ0v) is 13.3. The maximum absolute atomic E-state index is 11.9. The van der Waals surface area contributed by atoms with Crippen molar-refractivity contribution in [1.82, 2.24) is 14.9 Å². The molecule has 0 aromatic carbocycles. The van der Waals surface area contributed by atoms with Gasteiger partial charge in [-0.05, 0) is 41.2 Å². The Morgan fingerprint density at radius 2 is 2.37 bits per heavy atom. The van der Waals surface area contributed by atoms with E-state index in [2.05, 4.69) is 44.6 Å². The molecule has 19 heavy (non-hydrogen) atoms. The van der Waals surface area contributed by atoms with Crippen molar-refractivity contribution in [2.24, 2.45) is 0 Å². The van der Waals surface area contributed by atoms with Gasteiger partial charge in [-0.2, -0.15) is 0 Å². The molecule has 0 amide bonds. The Hall–Kier alpha value is -0.980. The highest BCUT2D eigenvalue weighted by molar-refractivity contribution is 9.10. The summed E-state index contributed by atoms with van der Waals surface area (Å²) in [5.41, 5.74) is -0.0296. The molecule has 0 radical (unpaired) electrons. The zero-order chi connectivity index (χ0) is 13.8. The Kier molecular flexibility index (Phi) is 4.90. The average molecular weight is 342 g/mol. The molecular weight excluding hydrogens is 326 g/mol. The Morgan fingerprint density at radius 1 is 1.58 bits per heavy atom. The number of halogens is 1. The lowest BCUT2D eigenvalue weighted by Crippen LogP contribution is -2.30. The molecule has 0 aliphatic heterocycles. The van der Waals surface area contributed by atoms with E-state index in [0.29, 0.717) is 17.1 Å². The van der Waals surface area contributed by atoms with Gasteiger partial charge < -0.3 is 5.32 Å². The van der Waals surface area contributed by atoms with Gasteiger partial charge in [0.25, 0.3) is 5.56 Å². The van der Waals surface area contributed by atoms with Crippen LogP contribution < -0.4 is 10.9 Å². The third-order valence-corrected chi connectivity index (χ3v) is 4.56. The summed E-state index contributed by atoms with van der Waals surface area (Å²) >= 11 is 4.95. The highest BCUT2D eigenvalue weighted by Crippen LogP contribution is 2.17. The van der Waals surface area contributed by atoms with Gasteiger partial charge in [0.2, 0.25) is 0 Å². The van der Waals surface area contributed by atoms with Crippen LogP contribution in [-0.2, 0) is 6.54 Å². The van der Waals surface area contributed by atoms with Crippen LogP contribution in [0.5, 0.6) is 0 Å². The second-order valence-corrected chi connectivity index (χ2v) is 6.13. The molecule has 0 aliphatic rings. The number of hydrogen-bond donors (Lipinski definition) is 1. The van der Waals surface area contributed by atoms with Crippen molar-refractivity contribution in [3.63, 3.8) is 0 Å². The number of thiophene rings is 1. The topological polar surface area (TPSA) is 46.9 Å². The number of aromatic nitrogens is 2. The lowest BCUT2D eigenvalue weighted by molar-refractivity contribution is 0.517. The molecule has 2 aromatic heterocycles. The Labute approximate surface area is 124 Å². The lowest BCUT2D eigenvalue weighted by atomic mass is 10.3. The van der Waals surface area contributed by atoms with Crippen LogP contribution in [-0.4, -0.2) is 16.1 Å². The number of aryl methyl sites for hydroxylation is 1. The fourth-order valence-electron chi connectivity index (χ4n) is 1.85. The van der Waals surface area contributed by atoms with Gasteiger partial charge in [0, 0.05) is 30.2 Å². The zero-order valence-electron chi connectivity index (χ0n) is 10.9. The second-order valence-electron chi connectivity index (χ2n) is 4.30. The summed E-state index contributed by atoms with van der Waals surface area (Å²) in [5, 5.41) is 5.48. The maximum atomic E-state index is 11.9. The van der Waals surface area contributed by atoms with Gasteiger partial charge in [0.15, 0.2) is 0 Å². The van der Waals surface area contributed by atoms with Crippen molar-refractivity contribution in [2.45, 2.75) is 26.4 Å². The third kappa shape index (κ3) is 3.52. The highest BCUT2D eigenvalue weighted by Gasteiger charge is 2.07. The van der Waals surface area contributed by atoms with E-state index < -0.39 is 0 Å². The number of hydrogen-bond acceptors (Lipinski definition) is 4. The molecule has 2 heterocycles. The van der Waals surface area contributed by atoms with Crippen LogP contribution in [0.1, 0.15) is 23.7 Å². The summed E-state index contributed by atoms with van der Waals surface area (Å²) in [5.74, 6) is 0.735. The van der Waals surface area contributed by atoms with Gasteiger partial charge in [-0.15, -0.1) is 11.3 Å². The molecule has 102 valence electrons. The summed E-state index contributed by atoms with van der Waals surface area (Å²) in [6, 6.07) is 4.46. The van der Waals surface area contributed by atoms with Crippen molar-refractivity contribution < 1.29 is 0 Å². The number of rotatable bonds is 5. The first-order valence-electron chi connectivity index (χ1n) is 6.08. The Morgan fingerprint density at radius 3 is 3.05 bits per heavy atom. The normalized spacial score (nSPS) is 12.6.